The van der Waals surface area contributed by atoms with Gasteiger partial charge in [0.2, 0.25) is 0 Å². The predicted molar refractivity (Wildman–Crippen MR) is 133 cm³/mol. The highest BCUT2D eigenvalue weighted by Gasteiger charge is 2.22. The number of rotatable bonds is 10. The fraction of sp³-hybridized carbons (Fsp3) is 0.158. The fourth-order valence-corrected chi connectivity index (χ4v) is 5.16. The molecule has 0 aliphatic heterocycles. The van der Waals surface area contributed by atoms with Crippen molar-refractivity contribution < 1.29 is 4.21 Å². The molecule has 0 saturated carbocycles. The molecule has 3 rings (SSSR count). The van der Waals surface area contributed by atoms with E-state index in [4.69, 9.17) is 33.9 Å². The largest absolute Gasteiger partial charge is 0.382 e. The number of imidazole rings is 1. The molecule has 1 atom stereocenters. The van der Waals surface area contributed by atoms with Crippen LogP contribution in [0, 0.1) is 0 Å². The Kier molecular flexibility index (Phi) is 8.40. The molecule has 0 bridgehead atoms. The van der Waals surface area contributed by atoms with Crippen molar-refractivity contribution in [2.24, 2.45) is 33.3 Å². The van der Waals surface area contributed by atoms with E-state index in [9.17, 15) is 4.21 Å². The minimum atomic E-state index is -1.65. The number of nitrogens with two attached hydrogens (primary N) is 6. The molecular formula is C19H27N11OS2. The Balaban J connectivity index is 2.16. The molecule has 0 saturated heterocycles. The van der Waals surface area contributed by atoms with E-state index in [1.165, 1.54) is 0 Å². The second kappa shape index (κ2) is 11.2. The molecule has 1 unspecified atom stereocenters. The Bertz CT molecular complexity index is 1160. The summed E-state index contributed by atoms with van der Waals surface area (Å²) in [5.41, 5.74) is 29.1. The van der Waals surface area contributed by atoms with Gasteiger partial charge in [-0.05, 0) is 35.2 Å². The lowest BCUT2D eigenvalue weighted by Crippen LogP contribution is -2.42. The number of hydrogen-bond donors (Lipinski definition) is 9. The fourth-order valence-electron chi connectivity index (χ4n) is 3.19. The van der Waals surface area contributed by atoms with Gasteiger partial charge in [0, 0.05) is 30.3 Å². The number of hydrazone groups is 1. The van der Waals surface area contributed by atoms with Crippen LogP contribution in [0.3, 0.4) is 0 Å². The second-order valence-corrected chi connectivity index (χ2v) is 8.73. The lowest BCUT2D eigenvalue weighted by Gasteiger charge is -2.19. The van der Waals surface area contributed by atoms with E-state index >= 15 is 0 Å². The van der Waals surface area contributed by atoms with Crippen LogP contribution in [0.25, 0.3) is 22.4 Å². The van der Waals surface area contributed by atoms with Crippen LogP contribution in [0.4, 0.5) is 5.95 Å². The number of H-pyrrole nitrogens is 1. The van der Waals surface area contributed by atoms with E-state index in [1.54, 1.807) is 18.3 Å². The third kappa shape index (κ3) is 5.51. The molecule has 15 N–H and O–H groups in total. The number of aromatic nitrogens is 2. The average molecular weight is 490 g/mol. The molecule has 12 nitrogen and oxygen atoms in total. The zero-order valence-corrected chi connectivity index (χ0v) is 19.2. The Hall–Kier alpha value is -2.98. The van der Waals surface area contributed by atoms with Crippen LogP contribution in [-0.2, 0) is 11.0 Å². The first-order chi connectivity index (χ1) is 15.9. The highest BCUT2D eigenvalue weighted by molar-refractivity contribution is 7.97. The first-order valence-electron chi connectivity index (χ1n) is 9.75. The standard InChI is InChI=1S/C19H27N11OS2/c20-7-12(8-21)29-33(31)15-5-4-13(16(17(15)32-25)18(22)28-30-24)10-2-1-3-11(6-10)14-9-26-19(23)27-14/h1-6,9,12,29-30H,7-8,20-21,24-25H2,(H2,22,28)(H3,23,26,27). The molecule has 1 aromatic heterocycles. The van der Waals surface area contributed by atoms with E-state index in [0.717, 1.165) is 28.8 Å². The molecule has 3 aromatic rings. The molecule has 1 heterocycles. The summed E-state index contributed by atoms with van der Waals surface area (Å²) in [6.07, 6.45) is 1.65. The van der Waals surface area contributed by atoms with Gasteiger partial charge in [-0.25, -0.2) is 25.3 Å². The zero-order valence-electron chi connectivity index (χ0n) is 17.6. The van der Waals surface area contributed by atoms with Crippen molar-refractivity contribution in [2.45, 2.75) is 15.8 Å². The predicted octanol–water partition coefficient (Wildman–Crippen LogP) is -0.726. The smallest absolute Gasteiger partial charge is 0.197 e. The number of nitrogens with zero attached hydrogens (tertiary/aromatic N) is 2. The minimum absolute atomic E-state index is 0.0738. The number of hydrazine groups is 1. The van der Waals surface area contributed by atoms with E-state index in [2.05, 4.69) is 25.3 Å². The summed E-state index contributed by atoms with van der Waals surface area (Å²) in [6, 6.07) is 10.8. The first kappa shape index (κ1) is 24.7. The quantitative estimate of drug-likeness (QED) is 0.0568. The molecule has 0 aliphatic rings. The van der Waals surface area contributed by atoms with Gasteiger partial charge >= 0.3 is 0 Å². The third-order valence-corrected chi connectivity index (χ3v) is 6.88. The van der Waals surface area contributed by atoms with Gasteiger partial charge in [-0.1, -0.05) is 24.3 Å². The second-order valence-electron chi connectivity index (χ2n) is 6.88. The summed E-state index contributed by atoms with van der Waals surface area (Å²) in [5.74, 6) is 5.76. The van der Waals surface area contributed by atoms with Crippen LogP contribution < -0.4 is 44.2 Å². The maximum absolute atomic E-state index is 13.1. The van der Waals surface area contributed by atoms with Gasteiger partial charge in [0.25, 0.3) is 0 Å². The van der Waals surface area contributed by atoms with Crippen molar-refractivity contribution in [3.63, 3.8) is 0 Å². The van der Waals surface area contributed by atoms with Crippen molar-refractivity contribution in [2.75, 3.05) is 18.8 Å². The molecule has 0 radical (unpaired) electrons. The van der Waals surface area contributed by atoms with Crippen molar-refractivity contribution in [1.29, 1.82) is 0 Å². The average Bonchev–Trinajstić information content (AvgIpc) is 3.27. The van der Waals surface area contributed by atoms with Gasteiger partial charge in [-0.15, -0.1) is 5.10 Å². The minimum Gasteiger partial charge on any atom is -0.382 e. The summed E-state index contributed by atoms with van der Waals surface area (Å²) in [6.45, 7) is 0.452. The van der Waals surface area contributed by atoms with Gasteiger partial charge in [0.1, 0.15) is 11.0 Å². The van der Waals surface area contributed by atoms with Gasteiger partial charge in [0.05, 0.1) is 21.7 Å². The van der Waals surface area contributed by atoms with Gasteiger partial charge in [0.15, 0.2) is 11.8 Å². The maximum Gasteiger partial charge on any atom is 0.197 e. The SMILES string of the molecule is NCC(CN)NS(=O)c1ccc(-c2cccc(-c3cnc(N)[nH]3)c2)c(/C(N)=N/NN)c1SN. The van der Waals surface area contributed by atoms with Crippen molar-refractivity contribution in [3.05, 3.63) is 48.2 Å². The lowest BCUT2D eigenvalue weighted by atomic mass is 9.96. The highest BCUT2D eigenvalue weighted by atomic mass is 32.2. The van der Waals surface area contributed by atoms with E-state index in [1.807, 2.05) is 24.3 Å². The van der Waals surface area contributed by atoms with Gasteiger partial charge < -0.3 is 27.9 Å². The van der Waals surface area contributed by atoms with Crippen molar-refractivity contribution in [3.8, 4) is 22.4 Å². The number of nitrogens with one attached hydrogen (secondary N) is 3. The summed E-state index contributed by atoms with van der Waals surface area (Å²) < 4.78 is 16.0. The van der Waals surface area contributed by atoms with E-state index in [-0.39, 0.29) is 25.0 Å². The van der Waals surface area contributed by atoms with Crippen LogP contribution in [0.1, 0.15) is 5.56 Å². The Labute approximate surface area is 197 Å². The van der Waals surface area contributed by atoms with Crippen LogP contribution in [0.2, 0.25) is 0 Å². The van der Waals surface area contributed by atoms with Crippen molar-refractivity contribution in [1.82, 2.24) is 20.2 Å². The zero-order chi connectivity index (χ0) is 24.0. The summed E-state index contributed by atoms with van der Waals surface area (Å²) in [7, 11) is -1.65. The number of amidine groups is 1. The summed E-state index contributed by atoms with van der Waals surface area (Å²) in [5, 5.41) is 9.93. The lowest BCUT2D eigenvalue weighted by molar-refractivity contribution is 0.613. The van der Waals surface area contributed by atoms with Crippen LogP contribution in [0.15, 0.2) is 57.5 Å². The van der Waals surface area contributed by atoms with E-state index < -0.39 is 11.0 Å². The van der Waals surface area contributed by atoms with Crippen LogP contribution in [0.5, 0.6) is 0 Å². The highest BCUT2D eigenvalue weighted by Crippen LogP contribution is 2.35. The monoisotopic (exact) mass is 489 g/mol. The Morgan fingerprint density at radius 3 is 2.55 bits per heavy atom. The molecule has 0 aliphatic carbocycles. The molecule has 0 spiro atoms. The molecule has 0 amide bonds. The normalized spacial score (nSPS) is 12.8. The molecule has 0 fully saturated rings. The summed E-state index contributed by atoms with van der Waals surface area (Å²) in [4.78, 5) is 7.94. The number of benzene rings is 2. The van der Waals surface area contributed by atoms with Gasteiger partial charge in [-0.3, -0.25) is 5.14 Å². The van der Waals surface area contributed by atoms with Gasteiger partial charge in [-0.2, -0.15) is 0 Å². The molecule has 176 valence electrons. The number of hydrogen-bond acceptors (Lipinski definition) is 10. The van der Waals surface area contributed by atoms with Crippen LogP contribution in [-0.4, -0.2) is 39.1 Å². The number of aromatic amines is 1. The maximum atomic E-state index is 13.1. The Morgan fingerprint density at radius 2 is 1.94 bits per heavy atom. The molecule has 33 heavy (non-hydrogen) atoms. The summed E-state index contributed by atoms with van der Waals surface area (Å²) >= 11 is 0.902. The third-order valence-electron chi connectivity index (χ3n) is 4.80. The molecular weight excluding hydrogens is 462 g/mol. The van der Waals surface area contributed by atoms with Crippen LogP contribution >= 0.6 is 11.9 Å². The molecule has 2 aromatic carbocycles. The Morgan fingerprint density at radius 1 is 1.21 bits per heavy atom. The topological polar surface area (TPSA) is 238 Å². The number of nitrogen functional groups attached to an aromatic ring is 1. The van der Waals surface area contributed by atoms with E-state index in [0.29, 0.717) is 26.9 Å². The molecule has 14 heteroatoms. The first-order valence-corrected chi connectivity index (χ1v) is 11.8. The number of anilines is 1. The van der Waals surface area contributed by atoms with Crippen molar-refractivity contribution >= 4 is 34.7 Å².